The van der Waals surface area contributed by atoms with Crippen LogP contribution in [0.3, 0.4) is 0 Å². The van der Waals surface area contributed by atoms with Crippen LogP contribution in [0, 0.1) is 5.92 Å². The maximum Gasteiger partial charge on any atom is 0.416 e. The predicted octanol–water partition coefficient (Wildman–Crippen LogP) is 2.78. The van der Waals surface area contributed by atoms with Crippen LogP contribution in [0.5, 0.6) is 0 Å². The first-order valence-electron chi connectivity index (χ1n) is 5.93. The second-order valence-electron chi connectivity index (χ2n) is 4.79. The zero-order chi connectivity index (χ0) is 14.2. The van der Waals surface area contributed by atoms with Gasteiger partial charge >= 0.3 is 12.1 Å². The van der Waals surface area contributed by atoms with E-state index in [-0.39, 0.29) is 6.04 Å². The lowest BCUT2D eigenvalue weighted by atomic mass is 9.94. The number of benzene rings is 1. The summed E-state index contributed by atoms with van der Waals surface area (Å²) in [6, 6.07) is 4.96. The minimum Gasteiger partial charge on any atom is -0.481 e. The van der Waals surface area contributed by atoms with E-state index in [1.54, 1.807) is 13.0 Å². The molecule has 0 radical (unpaired) electrons. The van der Waals surface area contributed by atoms with Crippen molar-refractivity contribution in [3.8, 4) is 0 Å². The van der Waals surface area contributed by atoms with E-state index >= 15 is 0 Å². The number of carboxylic acid groups (broad SMARTS) is 1. The Morgan fingerprint density at radius 3 is 2.58 bits per heavy atom. The van der Waals surface area contributed by atoms with Gasteiger partial charge < -0.3 is 5.11 Å². The van der Waals surface area contributed by atoms with Crippen LogP contribution in [-0.4, -0.2) is 29.1 Å². The molecule has 0 amide bonds. The van der Waals surface area contributed by atoms with Gasteiger partial charge in [0.15, 0.2) is 0 Å². The Labute approximate surface area is 108 Å². The van der Waals surface area contributed by atoms with Gasteiger partial charge in [-0.1, -0.05) is 12.1 Å². The smallest absolute Gasteiger partial charge is 0.416 e. The Morgan fingerprint density at radius 2 is 2.05 bits per heavy atom. The van der Waals surface area contributed by atoms with E-state index in [2.05, 4.69) is 0 Å². The topological polar surface area (TPSA) is 40.5 Å². The van der Waals surface area contributed by atoms with E-state index in [9.17, 15) is 18.0 Å². The molecule has 1 atom stereocenters. The number of halogens is 3. The summed E-state index contributed by atoms with van der Waals surface area (Å²) in [5.74, 6) is -1.26. The Balaban J connectivity index is 2.09. The lowest BCUT2D eigenvalue weighted by molar-refractivity contribution is -0.148. The zero-order valence-corrected chi connectivity index (χ0v) is 10.3. The Bertz CT molecular complexity index is 481. The summed E-state index contributed by atoms with van der Waals surface area (Å²) in [5, 5.41) is 8.78. The van der Waals surface area contributed by atoms with Gasteiger partial charge in [-0.15, -0.1) is 0 Å². The van der Waals surface area contributed by atoms with Crippen molar-refractivity contribution in [3.05, 3.63) is 35.4 Å². The largest absolute Gasteiger partial charge is 0.481 e. The van der Waals surface area contributed by atoms with Gasteiger partial charge in [-0.3, -0.25) is 9.69 Å². The van der Waals surface area contributed by atoms with Crippen molar-refractivity contribution in [3.63, 3.8) is 0 Å². The van der Waals surface area contributed by atoms with Gasteiger partial charge in [0.1, 0.15) is 0 Å². The highest BCUT2D eigenvalue weighted by Gasteiger charge is 2.36. The summed E-state index contributed by atoms with van der Waals surface area (Å²) in [4.78, 5) is 12.6. The van der Waals surface area contributed by atoms with Crippen LogP contribution in [0.25, 0.3) is 0 Å². The van der Waals surface area contributed by atoms with Gasteiger partial charge in [-0.25, -0.2) is 0 Å². The molecule has 0 bridgehead atoms. The summed E-state index contributed by atoms with van der Waals surface area (Å²) in [6.07, 6.45) is -4.35. The minimum atomic E-state index is -4.35. The first kappa shape index (κ1) is 13.9. The Hall–Kier alpha value is -1.56. The minimum absolute atomic E-state index is 0.210. The number of likely N-dealkylation sites (tertiary alicyclic amines) is 1. The van der Waals surface area contributed by atoms with Crippen LogP contribution in [0.15, 0.2) is 24.3 Å². The molecule has 1 aromatic rings. The van der Waals surface area contributed by atoms with E-state index in [1.165, 1.54) is 6.07 Å². The standard InChI is InChI=1S/C13H14F3NO2/c1-8(17-6-10(7-17)12(18)19)9-3-2-4-11(5-9)13(14,15)16/h2-5,8,10H,6-7H2,1H3,(H,18,19). The van der Waals surface area contributed by atoms with Crippen molar-refractivity contribution in [2.75, 3.05) is 13.1 Å². The van der Waals surface area contributed by atoms with Crippen LogP contribution in [0.1, 0.15) is 24.1 Å². The Kier molecular flexibility index (Phi) is 3.54. The molecule has 0 saturated carbocycles. The Morgan fingerprint density at radius 1 is 1.42 bits per heavy atom. The first-order valence-corrected chi connectivity index (χ1v) is 5.93. The van der Waals surface area contributed by atoms with Crippen molar-refractivity contribution in [2.24, 2.45) is 5.92 Å². The number of hydrogen-bond acceptors (Lipinski definition) is 2. The molecular weight excluding hydrogens is 259 g/mol. The number of alkyl halides is 3. The molecule has 6 heteroatoms. The second-order valence-corrected chi connectivity index (χ2v) is 4.79. The number of aliphatic carboxylic acids is 1. The summed E-state index contributed by atoms with van der Waals surface area (Å²) in [6.45, 7) is 2.55. The molecule has 0 aliphatic carbocycles. The highest BCUT2D eigenvalue weighted by atomic mass is 19.4. The average Bonchev–Trinajstić information content (AvgIpc) is 2.25. The van der Waals surface area contributed by atoms with Gasteiger partial charge in [0.05, 0.1) is 11.5 Å². The van der Waals surface area contributed by atoms with Crippen molar-refractivity contribution >= 4 is 5.97 Å². The van der Waals surface area contributed by atoms with Crippen LogP contribution < -0.4 is 0 Å². The van der Waals surface area contributed by atoms with Crippen LogP contribution in [0.2, 0.25) is 0 Å². The zero-order valence-electron chi connectivity index (χ0n) is 10.3. The van der Waals surface area contributed by atoms with E-state index in [0.29, 0.717) is 18.7 Å². The van der Waals surface area contributed by atoms with Crippen molar-refractivity contribution in [1.82, 2.24) is 4.90 Å². The molecular formula is C13H14F3NO2. The summed E-state index contributed by atoms with van der Waals surface area (Å²) in [5.41, 5.74) is -0.120. The van der Waals surface area contributed by atoms with Gasteiger partial charge in [-0.05, 0) is 24.6 Å². The van der Waals surface area contributed by atoms with Gasteiger partial charge in [-0.2, -0.15) is 13.2 Å². The average molecular weight is 273 g/mol. The molecule has 104 valence electrons. The lowest BCUT2D eigenvalue weighted by Crippen LogP contribution is -2.51. The fraction of sp³-hybridized carbons (Fsp3) is 0.462. The van der Waals surface area contributed by atoms with Crippen molar-refractivity contribution in [1.29, 1.82) is 0 Å². The fourth-order valence-electron chi connectivity index (χ4n) is 2.17. The SMILES string of the molecule is CC(c1cccc(C(F)(F)F)c1)N1CC(C(=O)O)C1. The molecule has 1 N–H and O–H groups in total. The van der Waals surface area contributed by atoms with E-state index < -0.39 is 23.6 Å². The lowest BCUT2D eigenvalue weighted by Gasteiger charge is -2.41. The summed E-state index contributed by atoms with van der Waals surface area (Å²) in [7, 11) is 0. The number of hydrogen-bond donors (Lipinski definition) is 1. The van der Waals surface area contributed by atoms with Crippen molar-refractivity contribution < 1.29 is 23.1 Å². The predicted molar refractivity (Wildman–Crippen MR) is 62.6 cm³/mol. The number of rotatable bonds is 3. The monoisotopic (exact) mass is 273 g/mol. The molecule has 1 unspecified atom stereocenters. The van der Waals surface area contributed by atoms with E-state index in [4.69, 9.17) is 5.11 Å². The fourth-order valence-corrected chi connectivity index (χ4v) is 2.17. The highest BCUT2D eigenvalue weighted by molar-refractivity contribution is 5.71. The molecule has 1 heterocycles. The third-order valence-corrected chi connectivity index (χ3v) is 3.50. The van der Waals surface area contributed by atoms with Crippen LogP contribution >= 0.6 is 0 Å². The van der Waals surface area contributed by atoms with Crippen LogP contribution in [-0.2, 0) is 11.0 Å². The van der Waals surface area contributed by atoms with Gasteiger partial charge in [0.25, 0.3) is 0 Å². The molecule has 0 spiro atoms. The molecule has 1 aliphatic rings. The van der Waals surface area contributed by atoms with Gasteiger partial charge in [0, 0.05) is 19.1 Å². The molecule has 2 rings (SSSR count). The van der Waals surface area contributed by atoms with Crippen LogP contribution in [0.4, 0.5) is 13.2 Å². The normalized spacial score (nSPS) is 18.9. The molecule has 1 saturated heterocycles. The molecule has 0 aromatic heterocycles. The first-order chi connectivity index (χ1) is 8.79. The quantitative estimate of drug-likeness (QED) is 0.920. The third-order valence-electron chi connectivity index (χ3n) is 3.50. The number of nitrogens with zero attached hydrogens (tertiary/aromatic N) is 1. The molecule has 3 nitrogen and oxygen atoms in total. The highest BCUT2D eigenvalue weighted by Crippen LogP contribution is 2.33. The molecule has 19 heavy (non-hydrogen) atoms. The summed E-state index contributed by atoms with van der Waals surface area (Å²) >= 11 is 0. The second kappa shape index (κ2) is 4.85. The molecule has 1 aliphatic heterocycles. The molecule has 1 fully saturated rings. The maximum absolute atomic E-state index is 12.6. The number of carbonyl (C=O) groups is 1. The van der Waals surface area contributed by atoms with Crippen molar-refractivity contribution in [2.45, 2.75) is 19.1 Å². The third kappa shape index (κ3) is 2.89. The maximum atomic E-state index is 12.6. The van der Waals surface area contributed by atoms with E-state index in [0.717, 1.165) is 12.1 Å². The number of carboxylic acids is 1. The van der Waals surface area contributed by atoms with Gasteiger partial charge in [0.2, 0.25) is 0 Å². The van der Waals surface area contributed by atoms with E-state index in [1.807, 2.05) is 4.90 Å². The molecule has 1 aromatic carbocycles. The summed E-state index contributed by atoms with van der Waals surface area (Å²) < 4.78 is 37.8.